The van der Waals surface area contributed by atoms with Gasteiger partial charge in [-0.3, -0.25) is 9.59 Å². The van der Waals surface area contributed by atoms with Crippen LogP contribution in [0.2, 0.25) is 0 Å². The van der Waals surface area contributed by atoms with Crippen LogP contribution >= 0.6 is 0 Å². The Morgan fingerprint density at radius 2 is 1.14 bits per heavy atom. The van der Waals surface area contributed by atoms with Crippen LogP contribution in [0.15, 0.2) is 30.3 Å². The number of hydrogen-bond donors (Lipinski definition) is 14. The number of rotatable bonds is 8. The molecular formula is C42H34O28. The normalized spacial score (nSPS) is 22.1. The fourth-order valence-electron chi connectivity index (χ4n) is 7.90. The molecule has 28 nitrogen and oxygen atoms in total. The van der Waals surface area contributed by atoms with Gasteiger partial charge in [0, 0.05) is 16.7 Å². The maximum atomic E-state index is 14.7. The molecule has 14 N–H and O–H groups in total. The number of phenolic OH excluding ortho intramolecular Hbond substituents is 12. The summed E-state index contributed by atoms with van der Waals surface area (Å²) < 4.78 is 37.3. The van der Waals surface area contributed by atoms with Crippen LogP contribution in [0, 0.1) is 5.92 Å². The summed E-state index contributed by atoms with van der Waals surface area (Å²) in [5.74, 6) is -32.0. The highest BCUT2D eigenvalue weighted by Gasteiger charge is 2.56. The van der Waals surface area contributed by atoms with Gasteiger partial charge < -0.3 is 105 Å². The number of methoxy groups -OCH3 is 1. The molecule has 4 aromatic rings. The molecule has 0 radical (unpaired) electrons. The van der Waals surface area contributed by atoms with Crippen LogP contribution in [0.25, 0.3) is 11.1 Å². The van der Waals surface area contributed by atoms with Crippen molar-refractivity contribution >= 4 is 41.8 Å². The van der Waals surface area contributed by atoms with Gasteiger partial charge in [0.2, 0.25) is 29.6 Å². The van der Waals surface area contributed by atoms with Crippen LogP contribution in [-0.2, 0) is 47.5 Å². The highest BCUT2D eigenvalue weighted by atomic mass is 16.7. The minimum atomic E-state index is -2.68. The van der Waals surface area contributed by atoms with Gasteiger partial charge in [-0.1, -0.05) is 0 Å². The molecule has 0 aromatic heterocycles. The van der Waals surface area contributed by atoms with Gasteiger partial charge in [0.1, 0.15) is 12.7 Å². The average Bonchev–Trinajstić information content (AvgIpc) is 3.31. The molecule has 2 bridgehead atoms. The van der Waals surface area contributed by atoms with Crippen molar-refractivity contribution in [3.05, 3.63) is 58.1 Å². The first-order chi connectivity index (χ1) is 32.9. The molecule has 4 aromatic carbocycles. The van der Waals surface area contributed by atoms with E-state index in [0.717, 1.165) is 7.11 Å². The highest BCUT2D eigenvalue weighted by molar-refractivity contribution is 6.08. The number of hydrogen-bond acceptors (Lipinski definition) is 27. The van der Waals surface area contributed by atoms with Crippen molar-refractivity contribution in [1.29, 1.82) is 0 Å². The molecule has 3 aliphatic rings. The van der Waals surface area contributed by atoms with Crippen molar-refractivity contribution in [2.75, 3.05) is 13.7 Å². The third kappa shape index (κ3) is 8.27. The van der Waals surface area contributed by atoms with Gasteiger partial charge in [-0.15, -0.1) is 0 Å². The SMILES string of the molecule is COC(=O)[C@H]1OC(=O)c2cc(O)c(O)c(O)c2C1C(CC(=O)O)C(=O)O[C@H]1[C@@H]2OC(=O)c3cc(O)c(O)c(O)c3-c3c(cc(O)c(O)c3O)C(=O)OC[C@H]1O[C@@H](OC(=O)c1cc(O)c(O)c(O)c1)[C@@H]2O. The van der Waals surface area contributed by atoms with Gasteiger partial charge in [-0.2, -0.15) is 0 Å². The minimum absolute atomic E-state index is 0.347. The number of cyclic esters (lactones) is 2. The second kappa shape index (κ2) is 18.1. The summed E-state index contributed by atoms with van der Waals surface area (Å²) in [6.07, 6.45) is -16.4. The van der Waals surface area contributed by atoms with Crippen molar-refractivity contribution in [3.63, 3.8) is 0 Å². The summed E-state index contributed by atoms with van der Waals surface area (Å²) in [6.45, 7) is -1.35. The maximum Gasteiger partial charge on any atom is 0.347 e. The van der Waals surface area contributed by atoms with Crippen molar-refractivity contribution < 1.29 is 138 Å². The molecule has 1 fully saturated rings. The largest absolute Gasteiger partial charge is 0.504 e. The summed E-state index contributed by atoms with van der Waals surface area (Å²) in [6, 6.07) is 2.43. The first-order valence-corrected chi connectivity index (χ1v) is 19.6. The predicted octanol–water partition coefficient (Wildman–Crippen LogP) is -0.0421. The Morgan fingerprint density at radius 1 is 0.643 bits per heavy atom. The van der Waals surface area contributed by atoms with Crippen LogP contribution in [0.4, 0.5) is 0 Å². The Bertz CT molecular complexity index is 2900. The zero-order chi connectivity index (χ0) is 51.5. The monoisotopic (exact) mass is 986 g/mol. The molecule has 370 valence electrons. The smallest absolute Gasteiger partial charge is 0.347 e. The van der Waals surface area contributed by atoms with E-state index in [1.54, 1.807) is 0 Å². The van der Waals surface area contributed by atoms with Gasteiger partial charge in [-0.05, 0) is 30.3 Å². The van der Waals surface area contributed by atoms with E-state index in [2.05, 4.69) is 4.74 Å². The topological polar surface area (TPSA) is 467 Å². The number of aromatic hydroxyl groups is 12. The third-order valence-electron chi connectivity index (χ3n) is 11.2. The maximum absolute atomic E-state index is 14.7. The number of fused-ring (bicyclic) bond motifs is 6. The van der Waals surface area contributed by atoms with Crippen molar-refractivity contribution in [3.8, 4) is 80.1 Å². The zero-order valence-corrected chi connectivity index (χ0v) is 34.9. The molecule has 7 rings (SSSR count). The number of carboxylic acids is 1. The Kier molecular flexibility index (Phi) is 12.5. The first kappa shape index (κ1) is 48.6. The van der Waals surface area contributed by atoms with Crippen LogP contribution in [0.5, 0.6) is 69.0 Å². The molecular weight excluding hydrogens is 952 g/mol. The number of phenols is 12. The number of carbonyl (C=O) groups is 7. The summed E-state index contributed by atoms with van der Waals surface area (Å²) in [7, 11) is 0.765. The zero-order valence-electron chi connectivity index (χ0n) is 34.9. The van der Waals surface area contributed by atoms with E-state index < -0.39 is 211 Å². The number of aliphatic hydroxyl groups is 1. The highest BCUT2D eigenvalue weighted by Crippen LogP contribution is 2.54. The second-order valence-corrected chi connectivity index (χ2v) is 15.3. The lowest BCUT2D eigenvalue weighted by molar-refractivity contribution is -0.288. The van der Waals surface area contributed by atoms with Gasteiger partial charge in [0.15, 0.2) is 70.1 Å². The third-order valence-corrected chi connectivity index (χ3v) is 11.2. The number of esters is 6. The first-order valence-electron chi connectivity index (χ1n) is 19.6. The Hall–Kier alpha value is -9.31. The van der Waals surface area contributed by atoms with E-state index >= 15 is 0 Å². The lowest BCUT2D eigenvalue weighted by Gasteiger charge is -2.43. The molecule has 8 atom stereocenters. The van der Waals surface area contributed by atoms with Crippen LogP contribution in [0.3, 0.4) is 0 Å². The molecule has 0 saturated carbocycles. The van der Waals surface area contributed by atoms with Crippen molar-refractivity contribution in [2.45, 2.75) is 49.1 Å². The van der Waals surface area contributed by atoms with Crippen LogP contribution in [-0.4, -0.2) is 164 Å². The van der Waals surface area contributed by atoms with Crippen molar-refractivity contribution in [2.24, 2.45) is 5.92 Å². The molecule has 2 unspecified atom stereocenters. The summed E-state index contributed by atoms with van der Waals surface area (Å²) in [5.41, 5.74) is -6.92. The van der Waals surface area contributed by atoms with E-state index in [-0.39, 0.29) is 0 Å². The van der Waals surface area contributed by atoms with E-state index in [9.17, 15) is 105 Å². The van der Waals surface area contributed by atoms with Crippen molar-refractivity contribution in [1.82, 2.24) is 0 Å². The molecule has 70 heavy (non-hydrogen) atoms. The summed E-state index contributed by atoms with van der Waals surface area (Å²) >= 11 is 0. The molecule has 3 heterocycles. The van der Waals surface area contributed by atoms with E-state index in [1.807, 2.05) is 0 Å². The molecule has 28 heteroatoms. The van der Waals surface area contributed by atoms with E-state index in [0.29, 0.717) is 30.3 Å². The number of carboxylic acid groups (broad SMARTS) is 1. The molecule has 0 spiro atoms. The Balaban J connectivity index is 1.41. The van der Waals surface area contributed by atoms with Gasteiger partial charge in [0.25, 0.3) is 0 Å². The predicted molar refractivity (Wildman–Crippen MR) is 214 cm³/mol. The second-order valence-electron chi connectivity index (χ2n) is 15.3. The Labute approximate surface area is 386 Å². The number of ether oxygens (including phenoxy) is 7. The molecule has 0 amide bonds. The minimum Gasteiger partial charge on any atom is -0.504 e. The molecule has 1 saturated heterocycles. The summed E-state index contributed by atoms with van der Waals surface area (Å²) in [4.78, 5) is 95.1. The van der Waals surface area contributed by atoms with Gasteiger partial charge >= 0.3 is 41.8 Å². The standard InChI is InChI=1S/C42H34O28/c1-64-41(63)34-24(23-12(38(60)68-34)6-18(47)28(53)31(23)56)13(7-20(48)49)40(62)67-33-19-8-65-37(59)10-4-16(45)26(51)29(54)21(10)22-11(5-17(46)27(52)30(22)55)39(61)69-35(33)32(57)42(66-19)70-36(58)9-2-14(43)25(50)15(44)3-9/h2-6,13,19,24,32-35,42-47,50-57H,7-8H2,1H3,(H,48,49)/t13?,19-,24?,32-,33-,34+,35-,42+/m1/s1. The number of aliphatic hydroxyl groups excluding tert-OH is 1. The number of carbonyl (C=O) groups excluding carboxylic acids is 6. The van der Waals surface area contributed by atoms with Gasteiger partial charge in [-0.25, -0.2) is 24.0 Å². The van der Waals surface area contributed by atoms with Crippen LogP contribution in [0.1, 0.15) is 59.3 Å². The fourth-order valence-corrected chi connectivity index (χ4v) is 7.90. The average molecular weight is 987 g/mol. The summed E-state index contributed by atoms with van der Waals surface area (Å²) in [5, 5.41) is 147. The molecule has 3 aliphatic heterocycles. The Morgan fingerprint density at radius 3 is 1.69 bits per heavy atom. The van der Waals surface area contributed by atoms with Gasteiger partial charge in [0.05, 0.1) is 47.6 Å². The fraction of sp³-hybridized carbons (Fsp3) is 0.262. The van der Waals surface area contributed by atoms with E-state index in [4.69, 9.17) is 28.4 Å². The lowest BCUT2D eigenvalue weighted by atomic mass is 9.75. The number of benzene rings is 4. The van der Waals surface area contributed by atoms with E-state index in [1.165, 1.54) is 0 Å². The number of aliphatic carboxylic acids is 1. The lowest BCUT2D eigenvalue weighted by Crippen LogP contribution is -2.62. The quantitative estimate of drug-likeness (QED) is 0.0625. The van der Waals surface area contributed by atoms with Crippen LogP contribution < -0.4 is 0 Å². The molecule has 0 aliphatic carbocycles.